The van der Waals surface area contributed by atoms with Gasteiger partial charge in [-0.2, -0.15) is 0 Å². The Bertz CT molecular complexity index is 425. The zero-order valence-corrected chi connectivity index (χ0v) is 19.5. The van der Waals surface area contributed by atoms with E-state index in [4.69, 9.17) is 13.3 Å². The molecule has 4 heteroatoms. The molecule has 0 aliphatic carbocycles. The van der Waals surface area contributed by atoms with Crippen LogP contribution in [0.2, 0.25) is 6.55 Å². The van der Waals surface area contributed by atoms with Crippen molar-refractivity contribution in [2.45, 2.75) is 64.3 Å². The first-order valence-electron chi connectivity index (χ1n) is 10.9. The Morgan fingerprint density at radius 3 is 1.10 bits per heavy atom. The molecule has 0 amide bonds. The fourth-order valence-electron chi connectivity index (χ4n) is 2.42. The molecule has 0 bridgehead atoms. The van der Waals surface area contributed by atoms with Crippen LogP contribution >= 0.6 is 0 Å². The Morgan fingerprint density at radius 2 is 0.828 bits per heavy atom. The zero-order valence-electron chi connectivity index (χ0n) is 18.5. The van der Waals surface area contributed by atoms with Gasteiger partial charge >= 0.3 is 8.80 Å². The molecule has 0 radical (unpaired) electrons. The summed E-state index contributed by atoms with van der Waals surface area (Å²) in [6.45, 7) is 14.7. The van der Waals surface area contributed by atoms with E-state index in [9.17, 15) is 0 Å². The highest BCUT2D eigenvalue weighted by Crippen LogP contribution is 2.11. The predicted octanol–water partition coefficient (Wildman–Crippen LogP) is 7.34. The lowest BCUT2D eigenvalue weighted by molar-refractivity contribution is 0.0931. The van der Waals surface area contributed by atoms with E-state index in [1.807, 2.05) is 24.8 Å². The van der Waals surface area contributed by atoms with Gasteiger partial charge in [-0.05, 0) is 57.8 Å². The maximum absolute atomic E-state index is 6.02. The Morgan fingerprint density at radius 1 is 0.517 bits per heavy atom. The molecule has 0 spiro atoms. The second kappa shape index (κ2) is 21.3. The molecule has 0 aromatic carbocycles. The molecule has 0 fully saturated rings. The third-order valence-corrected chi connectivity index (χ3v) is 6.24. The highest BCUT2D eigenvalue weighted by molar-refractivity contribution is 6.59. The van der Waals surface area contributed by atoms with E-state index >= 15 is 0 Å². The summed E-state index contributed by atoms with van der Waals surface area (Å²) in [6.07, 6.45) is 28.1. The largest absolute Gasteiger partial charge is 0.498 e. The van der Waals surface area contributed by atoms with Crippen molar-refractivity contribution < 1.29 is 13.3 Å². The number of unbranched alkanes of at least 4 members (excludes halogenated alkanes) is 6. The number of hydrogen-bond acceptors (Lipinski definition) is 3. The minimum atomic E-state index is -2.68. The van der Waals surface area contributed by atoms with E-state index in [0.717, 1.165) is 57.8 Å². The maximum Gasteiger partial charge on any atom is 0.498 e. The van der Waals surface area contributed by atoms with Gasteiger partial charge in [-0.25, -0.2) is 0 Å². The second-order valence-corrected chi connectivity index (χ2v) is 9.46. The van der Waals surface area contributed by atoms with E-state index in [-0.39, 0.29) is 0 Å². The summed E-state index contributed by atoms with van der Waals surface area (Å²) in [7, 11) is -2.68. The molecular formula is C25H42O3Si. The predicted molar refractivity (Wildman–Crippen MR) is 129 cm³/mol. The van der Waals surface area contributed by atoms with Gasteiger partial charge in [-0.15, -0.1) is 19.7 Å². The third kappa shape index (κ3) is 19.6. The van der Waals surface area contributed by atoms with Gasteiger partial charge in [-0.1, -0.05) is 54.7 Å². The highest BCUT2D eigenvalue weighted by Gasteiger charge is 2.33. The average molecular weight is 419 g/mol. The molecule has 0 N–H and O–H groups in total. The monoisotopic (exact) mass is 418 g/mol. The Hall–Kier alpha value is -1.46. The molecule has 0 aromatic heterocycles. The topological polar surface area (TPSA) is 27.7 Å². The van der Waals surface area contributed by atoms with Crippen LogP contribution in [0.3, 0.4) is 0 Å². The van der Waals surface area contributed by atoms with Gasteiger partial charge in [0.25, 0.3) is 0 Å². The molecule has 164 valence electrons. The smallest absolute Gasteiger partial charge is 0.370 e. The molecule has 29 heavy (non-hydrogen) atoms. The van der Waals surface area contributed by atoms with Crippen LogP contribution in [-0.2, 0) is 13.3 Å². The SMILES string of the molecule is C=CCCCC=CCO[Si](C)(OCC=CCCCC=C)OCC=CCCCC=C. The van der Waals surface area contributed by atoms with Gasteiger partial charge in [0.15, 0.2) is 0 Å². The first kappa shape index (κ1) is 27.5. The van der Waals surface area contributed by atoms with E-state index in [1.165, 1.54) is 0 Å². The average Bonchev–Trinajstić information content (AvgIpc) is 2.72. The van der Waals surface area contributed by atoms with Crippen LogP contribution in [0.25, 0.3) is 0 Å². The van der Waals surface area contributed by atoms with E-state index < -0.39 is 8.80 Å². The van der Waals surface area contributed by atoms with Gasteiger partial charge in [0.2, 0.25) is 0 Å². The summed E-state index contributed by atoms with van der Waals surface area (Å²) < 4.78 is 18.1. The summed E-state index contributed by atoms with van der Waals surface area (Å²) >= 11 is 0. The lowest BCUT2D eigenvalue weighted by Crippen LogP contribution is -2.42. The number of hydrogen-bond donors (Lipinski definition) is 0. The van der Waals surface area contributed by atoms with Crippen molar-refractivity contribution in [2.75, 3.05) is 19.8 Å². The minimum absolute atomic E-state index is 0.517. The van der Waals surface area contributed by atoms with Crippen molar-refractivity contribution >= 4 is 8.80 Å². The summed E-state index contributed by atoms with van der Waals surface area (Å²) in [5, 5.41) is 0. The van der Waals surface area contributed by atoms with Gasteiger partial charge in [0.1, 0.15) is 0 Å². The van der Waals surface area contributed by atoms with Crippen molar-refractivity contribution in [3.8, 4) is 0 Å². The number of rotatable bonds is 21. The van der Waals surface area contributed by atoms with Crippen molar-refractivity contribution in [3.63, 3.8) is 0 Å². The molecule has 3 nitrogen and oxygen atoms in total. The van der Waals surface area contributed by atoms with Gasteiger partial charge in [0.05, 0.1) is 19.8 Å². The quantitative estimate of drug-likeness (QED) is 0.111. The van der Waals surface area contributed by atoms with E-state index in [1.54, 1.807) is 0 Å². The lowest BCUT2D eigenvalue weighted by atomic mass is 10.2. The lowest BCUT2D eigenvalue weighted by Gasteiger charge is -2.24. The zero-order chi connectivity index (χ0) is 21.5. The first-order chi connectivity index (χ1) is 14.2. The normalized spacial score (nSPS) is 14.0. The van der Waals surface area contributed by atoms with Crippen molar-refractivity contribution in [3.05, 3.63) is 74.4 Å². The summed E-state index contributed by atoms with van der Waals surface area (Å²) in [6, 6.07) is 0. The van der Waals surface area contributed by atoms with Gasteiger partial charge in [-0.3, -0.25) is 0 Å². The van der Waals surface area contributed by atoms with E-state index in [0.29, 0.717) is 19.8 Å². The Balaban J connectivity index is 4.37. The second-order valence-electron chi connectivity index (χ2n) is 6.87. The molecule has 0 atom stereocenters. The van der Waals surface area contributed by atoms with Crippen molar-refractivity contribution in [1.29, 1.82) is 0 Å². The van der Waals surface area contributed by atoms with Gasteiger partial charge < -0.3 is 13.3 Å². The number of allylic oxidation sites excluding steroid dienone is 6. The van der Waals surface area contributed by atoms with E-state index in [2.05, 4.69) is 56.2 Å². The fourth-order valence-corrected chi connectivity index (χ4v) is 3.87. The molecule has 0 rings (SSSR count). The molecule has 0 aromatic rings. The molecule has 0 unspecified atom stereocenters. The molecule has 0 heterocycles. The van der Waals surface area contributed by atoms with Crippen LogP contribution < -0.4 is 0 Å². The summed E-state index contributed by atoms with van der Waals surface area (Å²) in [5.74, 6) is 0. The standard InChI is InChI=1S/C25H42O3Si/c1-5-8-11-14-17-20-23-26-29(4,27-24-21-18-15-12-9-6-2)28-25-22-19-16-13-10-7-3/h5-7,17-22H,1-3,8-16,23-25H2,4H3. The summed E-state index contributed by atoms with van der Waals surface area (Å²) in [5.41, 5.74) is 0. The van der Waals surface area contributed by atoms with Crippen LogP contribution in [0, 0.1) is 0 Å². The van der Waals surface area contributed by atoms with Gasteiger partial charge in [0, 0.05) is 6.55 Å². The van der Waals surface area contributed by atoms with Crippen LogP contribution in [0.5, 0.6) is 0 Å². The van der Waals surface area contributed by atoms with Crippen LogP contribution in [0.1, 0.15) is 57.8 Å². The Labute approximate surface area is 180 Å². The maximum atomic E-state index is 6.02. The highest BCUT2D eigenvalue weighted by atomic mass is 28.4. The van der Waals surface area contributed by atoms with Crippen LogP contribution in [-0.4, -0.2) is 28.6 Å². The molecule has 0 saturated heterocycles. The van der Waals surface area contributed by atoms with Crippen molar-refractivity contribution in [2.24, 2.45) is 0 Å². The third-order valence-electron chi connectivity index (χ3n) is 4.16. The van der Waals surface area contributed by atoms with Crippen LogP contribution in [0.4, 0.5) is 0 Å². The molecule has 0 aliphatic rings. The van der Waals surface area contributed by atoms with Crippen LogP contribution in [0.15, 0.2) is 74.4 Å². The first-order valence-corrected chi connectivity index (χ1v) is 13.1. The Kier molecular flexibility index (Phi) is 20.2. The molecular weight excluding hydrogens is 376 g/mol. The fraction of sp³-hybridized carbons (Fsp3) is 0.520. The minimum Gasteiger partial charge on any atom is -0.370 e. The van der Waals surface area contributed by atoms with Crippen molar-refractivity contribution in [1.82, 2.24) is 0 Å². The molecule has 0 saturated carbocycles. The summed E-state index contributed by atoms with van der Waals surface area (Å²) in [4.78, 5) is 0. The molecule has 0 aliphatic heterocycles.